The largest absolute Gasteiger partial charge is 0.496 e. The highest BCUT2D eigenvalue weighted by atomic mass is 16.6. The molecule has 7 nitrogen and oxygen atoms in total. The molecule has 0 aliphatic heterocycles. The summed E-state index contributed by atoms with van der Waals surface area (Å²) in [5, 5.41) is 14.0. The molecule has 1 N–H and O–H groups in total. The fraction of sp³-hybridized carbons (Fsp3) is 0.286. The standard InChI is InChI=1S/C14H16N4O3/c1-10-6-17-12(9-16-10)8-15-7-11-5-13(18(19)20)3-4-14(11)21-2/h3-6,9,15H,7-8H2,1-2H3. The first kappa shape index (κ1) is 14.9. The van der Waals surface area contributed by atoms with Crippen LogP contribution in [0.15, 0.2) is 30.6 Å². The van der Waals surface area contributed by atoms with Crippen molar-refractivity contribution in [3.05, 3.63) is 57.7 Å². The van der Waals surface area contributed by atoms with E-state index in [0.717, 1.165) is 17.0 Å². The molecule has 0 saturated heterocycles. The van der Waals surface area contributed by atoms with Gasteiger partial charge in [-0.05, 0) is 13.0 Å². The van der Waals surface area contributed by atoms with Gasteiger partial charge in [0.15, 0.2) is 0 Å². The van der Waals surface area contributed by atoms with Gasteiger partial charge in [0.1, 0.15) is 5.75 Å². The molecule has 1 aromatic heterocycles. The molecule has 0 bridgehead atoms. The molecule has 2 rings (SSSR count). The lowest BCUT2D eigenvalue weighted by atomic mass is 10.1. The fourth-order valence-corrected chi connectivity index (χ4v) is 1.85. The Hall–Kier alpha value is -2.54. The Morgan fingerprint density at radius 2 is 2.10 bits per heavy atom. The number of aryl methyl sites for hydroxylation is 1. The lowest BCUT2D eigenvalue weighted by molar-refractivity contribution is -0.384. The number of nitrogens with zero attached hydrogens (tertiary/aromatic N) is 3. The lowest BCUT2D eigenvalue weighted by Gasteiger charge is -2.09. The van der Waals surface area contributed by atoms with E-state index in [1.807, 2.05) is 6.92 Å². The maximum atomic E-state index is 10.8. The Morgan fingerprint density at radius 3 is 2.71 bits per heavy atom. The SMILES string of the molecule is COc1ccc([N+](=O)[O-])cc1CNCc1cnc(C)cn1. The van der Waals surface area contributed by atoms with E-state index in [4.69, 9.17) is 4.74 Å². The smallest absolute Gasteiger partial charge is 0.270 e. The third-order valence-corrected chi connectivity index (χ3v) is 2.93. The molecule has 0 spiro atoms. The number of methoxy groups -OCH3 is 1. The van der Waals surface area contributed by atoms with Crippen LogP contribution in [0, 0.1) is 17.0 Å². The summed E-state index contributed by atoms with van der Waals surface area (Å²) < 4.78 is 5.21. The van der Waals surface area contributed by atoms with Crippen LogP contribution >= 0.6 is 0 Å². The minimum Gasteiger partial charge on any atom is -0.496 e. The lowest BCUT2D eigenvalue weighted by Crippen LogP contribution is -2.14. The van der Waals surface area contributed by atoms with E-state index in [1.165, 1.54) is 19.2 Å². The van der Waals surface area contributed by atoms with Crippen molar-refractivity contribution in [1.82, 2.24) is 15.3 Å². The first-order valence-corrected chi connectivity index (χ1v) is 6.39. The summed E-state index contributed by atoms with van der Waals surface area (Å²) in [6.45, 7) is 2.84. The van der Waals surface area contributed by atoms with Crippen LogP contribution in [-0.2, 0) is 13.1 Å². The van der Waals surface area contributed by atoms with Crippen LogP contribution in [0.5, 0.6) is 5.75 Å². The van der Waals surface area contributed by atoms with Gasteiger partial charge in [0.25, 0.3) is 5.69 Å². The van der Waals surface area contributed by atoms with Gasteiger partial charge < -0.3 is 10.1 Å². The van der Waals surface area contributed by atoms with Crippen molar-refractivity contribution < 1.29 is 9.66 Å². The molecule has 0 unspecified atom stereocenters. The average Bonchev–Trinajstić information content (AvgIpc) is 2.49. The Labute approximate surface area is 122 Å². The summed E-state index contributed by atoms with van der Waals surface area (Å²) in [5.41, 5.74) is 2.44. The summed E-state index contributed by atoms with van der Waals surface area (Å²) in [4.78, 5) is 18.8. The van der Waals surface area contributed by atoms with E-state index in [-0.39, 0.29) is 5.69 Å². The molecule has 0 saturated carbocycles. The summed E-state index contributed by atoms with van der Waals surface area (Å²) in [6.07, 6.45) is 3.40. The van der Waals surface area contributed by atoms with Crippen molar-refractivity contribution in [3.8, 4) is 5.75 Å². The van der Waals surface area contributed by atoms with E-state index in [2.05, 4.69) is 15.3 Å². The zero-order chi connectivity index (χ0) is 15.2. The number of non-ortho nitro benzene ring substituents is 1. The van der Waals surface area contributed by atoms with Crippen LogP contribution in [0.25, 0.3) is 0 Å². The number of ether oxygens (including phenoxy) is 1. The van der Waals surface area contributed by atoms with Crippen LogP contribution in [0.2, 0.25) is 0 Å². The zero-order valence-corrected chi connectivity index (χ0v) is 11.9. The van der Waals surface area contributed by atoms with Gasteiger partial charge >= 0.3 is 0 Å². The molecule has 110 valence electrons. The van der Waals surface area contributed by atoms with E-state index < -0.39 is 4.92 Å². The number of hydrogen-bond acceptors (Lipinski definition) is 6. The van der Waals surface area contributed by atoms with Gasteiger partial charge in [0.05, 0.1) is 23.4 Å². The summed E-state index contributed by atoms with van der Waals surface area (Å²) in [5.74, 6) is 0.614. The van der Waals surface area contributed by atoms with Crippen LogP contribution < -0.4 is 10.1 Å². The highest BCUT2D eigenvalue weighted by Gasteiger charge is 2.11. The predicted molar refractivity (Wildman–Crippen MR) is 77.0 cm³/mol. The fourth-order valence-electron chi connectivity index (χ4n) is 1.85. The Kier molecular flexibility index (Phi) is 4.78. The second-order valence-corrected chi connectivity index (χ2v) is 4.51. The van der Waals surface area contributed by atoms with Crippen molar-refractivity contribution in [3.63, 3.8) is 0 Å². The van der Waals surface area contributed by atoms with Gasteiger partial charge in [-0.1, -0.05) is 0 Å². The van der Waals surface area contributed by atoms with Crippen LogP contribution in [-0.4, -0.2) is 22.0 Å². The zero-order valence-electron chi connectivity index (χ0n) is 11.9. The van der Waals surface area contributed by atoms with E-state index >= 15 is 0 Å². The molecule has 0 aliphatic carbocycles. The molecular weight excluding hydrogens is 272 g/mol. The molecule has 0 aliphatic rings. The normalized spacial score (nSPS) is 10.4. The summed E-state index contributed by atoms with van der Waals surface area (Å²) in [6, 6.07) is 4.53. The average molecular weight is 288 g/mol. The number of benzene rings is 1. The first-order valence-electron chi connectivity index (χ1n) is 6.39. The number of hydrogen-bond donors (Lipinski definition) is 1. The number of aromatic nitrogens is 2. The second kappa shape index (κ2) is 6.76. The maximum absolute atomic E-state index is 10.8. The molecule has 1 aromatic carbocycles. The molecule has 0 radical (unpaired) electrons. The topological polar surface area (TPSA) is 90.2 Å². The number of nitrogens with one attached hydrogen (secondary N) is 1. The molecule has 0 atom stereocenters. The Morgan fingerprint density at radius 1 is 1.29 bits per heavy atom. The quantitative estimate of drug-likeness (QED) is 0.645. The van der Waals surface area contributed by atoms with E-state index in [9.17, 15) is 10.1 Å². The Bertz CT molecular complexity index is 629. The van der Waals surface area contributed by atoms with Crippen LogP contribution in [0.4, 0.5) is 5.69 Å². The molecule has 1 heterocycles. The van der Waals surface area contributed by atoms with Crippen molar-refractivity contribution in [2.75, 3.05) is 7.11 Å². The van der Waals surface area contributed by atoms with Gasteiger partial charge in [-0.25, -0.2) is 0 Å². The minimum atomic E-state index is -0.422. The highest BCUT2D eigenvalue weighted by molar-refractivity contribution is 5.43. The van der Waals surface area contributed by atoms with Crippen LogP contribution in [0.3, 0.4) is 0 Å². The monoisotopic (exact) mass is 288 g/mol. The highest BCUT2D eigenvalue weighted by Crippen LogP contribution is 2.23. The number of rotatable bonds is 6. The molecule has 21 heavy (non-hydrogen) atoms. The molecule has 2 aromatic rings. The van der Waals surface area contributed by atoms with Gasteiger partial charge in [0, 0.05) is 43.2 Å². The first-order chi connectivity index (χ1) is 10.1. The van der Waals surface area contributed by atoms with E-state index in [1.54, 1.807) is 18.5 Å². The summed E-state index contributed by atoms with van der Waals surface area (Å²) >= 11 is 0. The van der Waals surface area contributed by atoms with Gasteiger partial charge in [-0.15, -0.1) is 0 Å². The third-order valence-electron chi connectivity index (χ3n) is 2.93. The predicted octanol–water partition coefficient (Wildman–Crippen LogP) is 1.99. The van der Waals surface area contributed by atoms with E-state index in [0.29, 0.717) is 18.8 Å². The third kappa shape index (κ3) is 3.96. The van der Waals surface area contributed by atoms with Crippen molar-refractivity contribution in [2.24, 2.45) is 0 Å². The minimum absolute atomic E-state index is 0.0442. The van der Waals surface area contributed by atoms with Gasteiger partial charge in [-0.2, -0.15) is 0 Å². The maximum Gasteiger partial charge on any atom is 0.270 e. The van der Waals surface area contributed by atoms with Crippen molar-refractivity contribution >= 4 is 5.69 Å². The van der Waals surface area contributed by atoms with Gasteiger partial charge in [0.2, 0.25) is 0 Å². The number of nitro benzene ring substituents is 1. The Balaban J connectivity index is 2.03. The second-order valence-electron chi connectivity index (χ2n) is 4.51. The summed E-state index contributed by atoms with van der Waals surface area (Å²) in [7, 11) is 1.54. The van der Waals surface area contributed by atoms with Crippen molar-refractivity contribution in [1.29, 1.82) is 0 Å². The molecule has 0 fully saturated rings. The van der Waals surface area contributed by atoms with Crippen LogP contribution in [0.1, 0.15) is 17.0 Å². The number of nitro groups is 1. The molecule has 0 amide bonds. The molecular formula is C14H16N4O3. The van der Waals surface area contributed by atoms with Gasteiger partial charge in [-0.3, -0.25) is 20.1 Å². The molecule has 7 heteroatoms. The van der Waals surface area contributed by atoms with Crippen molar-refractivity contribution in [2.45, 2.75) is 20.0 Å².